The number of nitrogens with one attached hydrogen (secondary N) is 1. The first-order valence-electron chi connectivity index (χ1n) is 11.5. The molecule has 5 heteroatoms. The summed E-state index contributed by atoms with van der Waals surface area (Å²) in [7, 11) is 0. The summed E-state index contributed by atoms with van der Waals surface area (Å²) in [6.45, 7) is 6.94. The van der Waals surface area contributed by atoms with Crippen molar-refractivity contribution in [3.63, 3.8) is 0 Å². The van der Waals surface area contributed by atoms with E-state index < -0.39 is 5.41 Å². The molecule has 1 aromatic heterocycles. The Balaban J connectivity index is 1.67. The van der Waals surface area contributed by atoms with Crippen LogP contribution < -0.4 is 5.32 Å². The molecule has 2 amide bonds. The van der Waals surface area contributed by atoms with Crippen LogP contribution in [0.15, 0.2) is 72.9 Å². The Bertz CT molecular complexity index is 1140. The maximum Gasteiger partial charge on any atom is 0.272 e. The molecule has 1 unspecified atom stereocenters. The highest BCUT2D eigenvalue weighted by atomic mass is 16.2. The molecule has 0 spiro atoms. The lowest BCUT2D eigenvalue weighted by Crippen LogP contribution is -2.47. The third kappa shape index (κ3) is 4.98. The molecule has 0 bridgehead atoms. The molecule has 3 aromatic rings. The van der Waals surface area contributed by atoms with E-state index in [2.05, 4.69) is 53.6 Å². The summed E-state index contributed by atoms with van der Waals surface area (Å²) < 4.78 is 0. The molecule has 170 valence electrons. The Labute approximate surface area is 195 Å². The molecule has 33 heavy (non-hydrogen) atoms. The molecule has 0 aliphatic carbocycles. The van der Waals surface area contributed by atoms with Gasteiger partial charge in [-0.1, -0.05) is 60.2 Å². The number of carbonyl (C=O) groups is 2. The number of hydrogen-bond donors (Lipinski definition) is 1. The van der Waals surface area contributed by atoms with Crippen LogP contribution in [-0.2, 0) is 11.2 Å². The van der Waals surface area contributed by atoms with Gasteiger partial charge in [0.2, 0.25) is 5.91 Å². The molecular formula is C28H31N3O2. The SMILES string of the molecule is Cc1cccc(-c2ccccc2CC2(C(=O)NC(C)C)CCN(C(=O)c3ccccn3)C2)c1. The first-order chi connectivity index (χ1) is 15.9. The zero-order valence-corrected chi connectivity index (χ0v) is 19.5. The molecular weight excluding hydrogens is 410 g/mol. The number of likely N-dealkylation sites (tertiary alicyclic amines) is 1. The summed E-state index contributed by atoms with van der Waals surface area (Å²) in [6, 6.07) is 22.1. The van der Waals surface area contributed by atoms with Gasteiger partial charge < -0.3 is 10.2 Å². The molecule has 0 radical (unpaired) electrons. The molecule has 1 aliphatic rings. The van der Waals surface area contributed by atoms with Crippen LogP contribution in [0.2, 0.25) is 0 Å². The lowest BCUT2D eigenvalue weighted by Gasteiger charge is -2.30. The molecule has 1 atom stereocenters. The lowest BCUT2D eigenvalue weighted by atomic mass is 9.78. The molecule has 1 fully saturated rings. The van der Waals surface area contributed by atoms with E-state index in [0.717, 1.165) is 16.7 Å². The zero-order chi connectivity index (χ0) is 23.4. The van der Waals surface area contributed by atoms with E-state index in [1.54, 1.807) is 23.2 Å². The molecule has 1 aliphatic heterocycles. The van der Waals surface area contributed by atoms with Gasteiger partial charge in [-0.15, -0.1) is 0 Å². The number of aromatic nitrogens is 1. The number of nitrogens with zero attached hydrogens (tertiary/aromatic N) is 2. The van der Waals surface area contributed by atoms with Crippen molar-refractivity contribution in [2.75, 3.05) is 13.1 Å². The Hall–Kier alpha value is -3.47. The zero-order valence-electron chi connectivity index (χ0n) is 19.5. The number of rotatable bonds is 6. The number of amides is 2. The van der Waals surface area contributed by atoms with Gasteiger partial charge in [0.25, 0.3) is 5.91 Å². The van der Waals surface area contributed by atoms with Crippen LogP contribution in [-0.4, -0.2) is 40.8 Å². The predicted octanol–water partition coefficient (Wildman–Crippen LogP) is 4.66. The second-order valence-corrected chi connectivity index (χ2v) is 9.30. The van der Waals surface area contributed by atoms with E-state index >= 15 is 0 Å². The molecule has 1 N–H and O–H groups in total. The normalized spacial score (nSPS) is 17.9. The lowest BCUT2D eigenvalue weighted by molar-refractivity contribution is -0.130. The molecule has 1 saturated heterocycles. The van der Waals surface area contributed by atoms with Crippen LogP contribution in [0.1, 0.15) is 41.9 Å². The fourth-order valence-corrected chi connectivity index (χ4v) is 4.66. The van der Waals surface area contributed by atoms with Gasteiger partial charge in [-0.2, -0.15) is 0 Å². The molecule has 2 heterocycles. The average Bonchev–Trinajstić information content (AvgIpc) is 3.24. The van der Waals surface area contributed by atoms with Crippen LogP contribution in [0, 0.1) is 12.3 Å². The van der Waals surface area contributed by atoms with E-state index in [0.29, 0.717) is 31.6 Å². The fourth-order valence-electron chi connectivity index (χ4n) is 4.66. The first kappa shape index (κ1) is 22.7. The Kier molecular flexibility index (Phi) is 6.59. The predicted molar refractivity (Wildman–Crippen MR) is 131 cm³/mol. The molecule has 5 nitrogen and oxygen atoms in total. The van der Waals surface area contributed by atoms with E-state index in [1.807, 2.05) is 32.0 Å². The highest BCUT2D eigenvalue weighted by molar-refractivity contribution is 5.94. The summed E-state index contributed by atoms with van der Waals surface area (Å²) in [6.07, 6.45) is 2.81. The minimum absolute atomic E-state index is 0.00728. The van der Waals surface area contributed by atoms with E-state index in [-0.39, 0.29) is 17.9 Å². The van der Waals surface area contributed by atoms with Crippen molar-refractivity contribution in [2.45, 2.75) is 39.7 Å². The number of benzene rings is 2. The van der Waals surface area contributed by atoms with Gasteiger partial charge in [0.05, 0.1) is 5.41 Å². The van der Waals surface area contributed by atoms with Gasteiger partial charge >= 0.3 is 0 Å². The van der Waals surface area contributed by atoms with Gasteiger partial charge in [-0.25, -0.2) is 0 Å². The summed E-state index contributed by atoms with van der Waals surface area (Å²) in [5, 5.41) is 3.12. The van der Waals surface area contributed by atoms with Crippen LogP contribution >= 0.6 is 0 Å². The smallest absolute Gasteiger partial charge is 0.272 e. The summed E-state index contributed by atoms with van der Waals surface area (Å²) in [5.41, 5.74) is 4.32. The number of carbonyl (C=O) groups excluding carboxylic acids is 2. The first-order valence-corrected chi connectivity index (χ1v) is 11.5. The molecule has 0 saturated carbocycles. The second kappa shape index (κ2) is 9.57. The maximum atomic E-state index is 13.5. The van der Waals surface area contributed by atoms with Crippen molar-refractivity contribution < 1.29 is 9.59 Å². The Morgan fingerprint density at radius 1 is 1.06 bits per heavy atom. The van der Waals surface area contributed by atoms with Crippen LogP contribution in [0.4, 0.5) is 0 Å². The number of aryl methyl sites for hydroxylation is 1. The number of hydrogen-bond acceptors (Lipinski definition) is 3. The molecule has 2 aromatic carbocycles. The van der Waals surface area contributed by atoms with Crippen LogP contribution in [0.25, 0.3) is 11.1 Å². The summed E-state index contributed by atoms with van der Waals surface area (Å²) in [4.78, 5) is 32.6. The van der Waals surface area contributed by atoms with Gasteiger partial charge in [-0.3, -0.25) is 14.6 Å². The van der Waals surface area contributed by atoms with E-state index in [4.69, 9.17) is 0 Å². The monoisotopic (exact) mass is 441 g/mol. The Morgan fingerprint density at radius 3 is 2.58 bits per heavy atom. The average molecular weight is 442 g/mol. The quantitative estimate of drug-likeness (QED) is 0.605. The van der Waals surface area contributed by atoms with Crippen LogP contribution in [0.5, 0.6) is 0 Å². The van der Waals surface area contributed by atoms with Crippen molar-refractivity contribution >= 4 is 11.8 Å². The van der Waals surface area contributed by atoms with Gasteiger partial charge in [0.1, 0.15) is 5.69 Å². The number of pyridine rings is 1. The van der Waals surface area contributed by atoms with Gasteiger partial charge in [0.15, 0.2) is 0 Å². The topological polar surface area (TPSA) is 62.3 Å². The van der Waals surface area contributed by atoms with Gasteiger partial charge in [-0.05, 0) is 62.4 Å². The Morgan fingerprint density at radius 2 is 1.85 bits per heavy atom. The van der Waals surface area contributed by atoms with Crippen molar-refractivity contribution in [1.82, 2.24) is 15.2 Å². The second-order valence-electron chi connectivity index (χ2n) is 9.30. The van der Waals surface area contributed by atoms with Gasteiger partial charge in [0, 0.05) is 25.3 Å². The summed E-state index contributed by atoms with van der Waals surface area (Å²) in [5.74, 6) is -0.116. The highest BCUT2D eigenvalue weighted by Crippen LogP contribution is 2.38. The van der Waals surface area contributed by atoms with Crippen molar-refractivity contribution in [2.24, 2.45) is 5.41 Å². The highest BCUT2D eigenvalue weighted by Gasteiger charge is 2.46. The van der Waals surface area contributed by atoms with E-state index in [9.17, 15) is 9.59 Å². The van der Waals surface area contributed by atoms with E-state index in [1.165, 1.54) is 5.56 Å². The fraction of sp³-hybridized carbons (Fsp3) is 0.321. The van der Waals surface area contributed by atoms with Crippen molar-refractivity contribution in [3.8, 4) is 11.1 Å². The van der Waals surface area contributed by atoms with Crippen molar-refractivity contribution in [3.05, 3.63) is 89.7 Å². The van der Waals surface area contributed by atoms with Crippen LogP contribution in [0.3, 0.4) is 0 Å². The summed E-state index contributed by atoms with van der Waals surface area (Å²) >= 11 is 0. The largest absolute Gasteiger partial charge is 0.353 e. The minimum atomic E-state index is -0.686. The maximum absolute atomic E-state index is 13.5. The third-order valence-corrected chi connectivity index (χ3v) is 6.30. The van der Waals surface area contributed by atoms with Crippen molar-refractivity contribution in [1.29, 1.82) is 0 Å². The standard InChI is InChI=1S/C28H31N3O2/c1-20(2)30-27(33)28(14-16-31(19-28)26(32)25-13-6-7-15-29-25)18-23-10-4-5-12-24(23)22-11-8-9-21(3)17-22/h4-13,15,17,20H,14,16,18-19H2,1-3H3,(H,30,33). The third-order valence-electron chi connectivity index (χ3n) is 6.30. The minimum Gasteiger partial charge on any atom is -0.353 e. The molecule has 4 rings (SSSR count).